The summed E-state index contributed by atoms with van der Waals surface area (Å²) < 4.78 is 18.3. The fourth-order valence-electron chi connectivity index (χ4n) is 4.79. The standard InChI is InChI=1S/C25H32ClN3O5/c1-4-18-21-19(12-25(15-27-23(21)30)8-10-33-11-9-25)29(28-18)13-16(2)14-34-24(31)17-6-5-7-20(32-3)22(17)26/h5-7,16H,4,8-15H2,1-3H3,(H,27,30)/t16-/m1/s1. The number of methoxy groups -OCH3 is 1. The summed E-state index contributed by atoms with van der Waals surface area (Å²) in [5.74, 6) is -0.132. The number of aromatic nitrogens is 2. The number of halogens is 1. The molecular formula is C25H32ClN3O5. The average Bonchev–Trinajstić information content (AvgIpc) is 3.11. The van der Waals surface area contributed by atoms with E-state index in [2.05, 4.69) is 5.32 Å². The van der Waals surface area contributed by atoms with Crippen LogP contribution in [0.5, 0.6) is 5.75 Å². The first-order valence-electron chi connectivity index (χ1n) is 11.8. The minimum absolute atomic E-state index is 0.0131. The molecule has 4 rings (SSSR count). The second-order valence-electron chi connectivity index (χ2n) is 9.30. The van der Waals surface area contributed by atoms with Crippen molar-refractivity contribution >= 4 is 23.5 Å². The van der Waals surface area contributed by atoms with E-state index < -0.39 is 5.97 Å². The normalized spacial score (nSPS) is 18.1. The highest BCUT2D eigenvalue weighted by atomic mass is 35.5. The Morgan fingerprint density at radius 2 is 2.12 bits per heavy atom. The SMILES string of the molecule is CCc1nn(C[C@@H](C)COC(=O)c2cccc(OC)c2Cl)c2c1C(=O)NCC1(CCOCC1)C2. The van der Waals surface area contributed by atoms with Gasteiger partial charge in [0.05, 0.1) is 41.3 Å². The number of carbonyl (C=O) groups excluding carboxylic acids is 2. The van der Waals surface area contributed by atoms with E-state index in [-0.39, 0.29) is 34.4 Å². The van der Waals surface area contributed by atoms with Crippen molar-refractivity contribution in [3.05, 3.63) is 45.7 Å². The summed E-state index contributed by atoms with van der Waals surface area (Å²) in [6, 6.07) is 5.01. The summed E-state index contributed by atoms with van der Waals surface area (Å²) in [7, 11) is 1.50. The van der Waals surface area contributed by atoms with E-state index in [1.54, 1.807) is 18.2 Å². The van der Waals surface area contributed by atoms with E-state index in [4.69, 9.17) is 30.9 Å². The van der Waals surface area contributed by atoms with Crippen molar-refractivity contribution in [2.75, 3.05) is 33.5 Å². The van der Waals surface area contributed by atoms with Crippen LogP contribution in [0.25, 0.3) is 0 Å². The molecule has 0 bridgehead atoms. The molecule has 1 N–H and O–H groups in total. The van der Waals surface area contributed by atoms with Gasteiger partial charge in [-0.3, -0.25) is 9.48 Å². The highest BCUT2D eigenvalue weighted by Gasteiger charge is 2.39. The molecule has 2 aromatic rings. The number of carbonyl (C=O) groups is 2. The number of fused-ring (bicyclic) bond motifs is 1. The van der Waals surface area contributed by atoms with E-state index in [1.165, 1.54) is 7.11 Å². The third-order valence-electron chi connectivity index (χ3n) is 6.80. The molecule has 34 heavy (non-hydrogen) atoms. The lowest BCUT2D eigenvalue weighted by molar-refractivity contribution is 0.0151. The summed E-state index contributed by atoms with van der Waals surface area (Å²) >= 11 is 6.26. The lowest BCUT2D eigenvalue weighted by atomic mass is 9.76. The van der Waals surface area contributed by atoms with Crippen molar-refractivity contribution in [1.82, 2.24) is 15.1 Å². The van der Waals surface area contributed by atoms with Gasteiger partial charge in [0.15, 0.2) is 0 Å². The lowest BCUT2D eigenvalue weighted by Gasteiger charge is -2.36. The summed E-state index contributed by atoms with van der Waals surface area (Å²) in [5.41, 5.74) is 2.75. The lowest BCUT2D eigenvalue weighted by Crippen LogP contribution is -2.41. The highest BCUT2D eigenvalue weighted by molar-refractivity contribution is 6.35. The van der Waals surface area contributed by atoms with Crippen molar-refractivity contribution in [2.45, 2.75) is 46.1 Å². The fraction of sp³-hybridized carbons (Fsp3) is 0.560. The monoisotopic (exact) mass is 489 g/mol. The number of hydrogen-bond acceptors (Lipinski definition) is 6. The second-order valence-corrected chi connectivity index (χ2v) is 9.68. The van der Waals surface area contributed by atoms with Crippen molar-refractivity contribution in [2.24, 2.45) is 11.3 Å². The van der Waals surface area contributed by atoms with E-state index >= 15 is 0 Å². The van der Waals surface area contributed by atoms with Gasteiger partial charge in [0, 0.05) is 32.2 Å². The summed E-state index contributed by atoms with van der Waals surface area (Å²) in [5, 5.41) is 8.16. The topological polar surface area (TPSA) is 91.7 Å². The molecule has 0 radical (unpaired) electrons. The maximum Gasteiger partial charge on any atom is 0.339 e. The van der Waals surface area contributed by atoms with E-state index in [0.29, 0.717) is 44.0 Å². The van der Waals surface area contributed by atoms with Crippen LogP contribution in [-0.2, 0) is 28.9 Å². The van der Waals surface area contributed by atoms with Crippen LogP contribution in [0.2, 0.25) is 5.02 Å². The molecule has 1 aromatic carbocycles. The Morgan fingerprint density at radius 1 is 1.35 bits per heavy atom. The maximum absolute atomic E-state index is 13.0. The Balaban J connectivity index is 1.50. The molecule has 1 fully saturated rings. The zero-order valence-corrected chi connectivity index (χ0v) is 20.7. The minimum atomic E-state index is -0.496. The average molecular weight is 490 g/mol. The quantitative estimate of drug-likeness (QED) is 0.596. The van der Waals surface area contributed by atoms with Crippen LogP contribution >= 0.6 is 11.6 Å². The zero-order valence-electron chi connectivity index (χ0n) is 20.0. The van der Waals surface area contributed by atoms with Crippen LogP contribution in [0.4, 0.5) is 0 Å². The smallest absolute Gasteiger partial charge is 0.339 e. The number of aryl methyl sites for hydroxylation is 1. The molecule has 0 unspecified atom stereocenters. The minimum Gasteiger partial charge on any atom is -0.495 e. The van der Waals surface area contributed by atoms with Crippen molar-refractivity contribution in [3.63, 3.8) is 0 Å². The van der Waals surface area contributed by atoms with E-state index in [1.807, 2.05) is 18.5 Å². The number of benzene rings is 1. The number of rotatable bonds is 7. The number of hydrogen-bond donors (Lipinski definition) is 1. The molecular weight excluding hydrogens is 458 g/mol. The summed E-state index contributed by atoms with van der Waals surface area (Å²) in [4.78, 5) is 25.6. The first-order chi connectivity index (χ1) is 16.4. The van der Waals surface area contributed by atoms with Gasteiger partial charge in [0.1, 0.15) is 5.75 Å². The van der Waals surface area contributed by atoms with Crippen LogP contribution in [0.1, 0.15) is 58.8 Å². The first-order valence-corrected chi connectivity index (χ1v) is 12.2. The Hall–Kier alpha value is -2.58. The van der Waals surface area contributed by atoms with Crippen molar-refractivity contribution in [1.29, 1.82) is 0 Å². The Bertz CT molecular complexity index is 1060. The molecule has 1 spiro atoms. The van der Waals surface area contributed by atoms with Gasteiger partial charge < -0.3 is 19.5 Å². The largest absolute Gasteiger partial charge is 0.495 e. The van der Waals surface area contributed by atoms with E-state index in [9.17, 15) is 9.59 Å². The molecule has 1 saturated heterocycles. The molecule has 0 aliphatic carbocycles. The molecule has 0 saturated carbocycles. The third-order valence-corrected chi connectivity index (χ3v) is 7.19. The third kappa shape index (κ3) is 4.93. The molecule has 2 aliphatic heterocycles. The molecule has 9 heteroatoms. The van der Waals surface area contributed by atoms with Gasteiger partial charge in [-0.25, -0.2) is 4.79 Å². The van der Waals surface area contributed by atoms with Crippen molar-refractivity contribution < 1.29 is 23.8 Å². The van der Waals surface area contributed by atoms with Crippen LogP contribution in [0.3, 0.4) is 0 Å². The van der Waals surface area contributed by atoms with Gasteiger partial charge in [-0.1, -0.05) is 31.5 Å². The molecule has 1 atom stereocenters. The fourth-order valence-corrected chi connectivity index (χ4v) is 5.07. The number of nitrogens with one attached hydrogen (secondary N) is 1. The number of ether oxygens (including phenoxy) is 3. The van der Waals surface area contributed by atoms with Crippen LogP contribution in [0, 0.1) is 11.3 Å². The van der Waals surface area contributed by atoms with Crippen LogP contribution in [-0.4, -0.2) is 55.1 Å². The summed E-state index contributed by atoms with van der Waals surface area (Å²) in [6.07, 6.45) is 3.28. The number of amides is 1. The zero-order chi connectivity index (χ0) is 24.3. The van der Waals surface area contributed by atoms with Gasteiger partial charge in [-0.15, -0.1) is 0 Å². The van der Waals surface area contributed by atoms with Gasteiger partial charge in [0.2, 0.25) is 0 Å². The Labute approximate surface area is 204 Å². The first kappa shape index (κ1) is 24.5. The predicted octanol–water partition coefficient (Wildman–Crippen LogP) is 3.68. The Morgan fingerprint density at radius 3 is 2.82 bits per heavy atom. The second kappa shape index (κ2) is 10.4. The van der Waals surface area contributed by atoms with Crippen molar-refractivity contribution in [3.8, 4) is 5.75 Å². The molecule has 1 aromatic heterocycles. The maximum atomic E-state index is 13.0. The highest BCUT2D eigenvalue weighted by Crippen LogP contribution is 2.37. The predicted molar refractivity (Wildman–Crippen MR) is 128 cm³/mol. The molecule has 8 nitrogen and oxygen atoms in total. The van der Waals surface area contributed by atoms with E-state index in [0.717, 1.165) is 30.7 Å². The van der Waals surface area contributed by atoms with Gasteiger partial charge >= 0.3 is 5.97 Å². The Kier molecular flexibility index (Phi) is 7.48. The number of nitrogens with zero attached hydrogens (tertiary/aromatic N) is 2. The van der Waals surface area contributed by atoms with Crippen LogP contribution in [0.15, 0.2) is 18.2 Å². The van der Waals surface area contributed by atoms with Gasteiger partial charge in [0.25, 0.3) is 5.91 Å². The molecule has 2 aliphatic rings. The number of esters is 1. The van der Waals surface area contributed by atoms with Crippen LogP contribution < -0.4 is 10.1 Å². The molecule has 1 amide bonds. The molecule has 3 heterocycles. The van der Waals surface area contributed by atoms with Gasteiger partial charge in [-0.05, 0) is 43.2 Å². The van der Waals surface area contributed by atoms with Gasteiger partial charge in [-0.2, -0.15) is 5.10 Å². The summed E-state index contributed by atoms with van der Waals surface area (Å²) in [6.45, 7) is 6.83. The molecule has 184 valence electrons.